The minimum atomic E-state index is -1.17. The van der Waals surface area contributed by atoms with Gasteiger partial charge < -0.3 is 10.4 Å². The first-order valence-corrected chi connectivity index (χ1v) is 7.03. The average molecular weight is 273 g/mol. The van der Waals surface area contributed by atoms with Gasteiger partial charge in [-0.05, 0) is 17.0 Å². The van der Waals surface area contributed by atoms with Gasteiger partial charge in [0.2, 0.25) is 0 Å². The van der Waals surface area contributed by atoms with Gasteiger partial charge in [0.05, 0.1) is 5.69 Å². The van der Waals surface area contributed by atoms with Crippen molar-refractivity contribution in [3.63, 3.8) is 0 Å². The molecule has 0 saturated carbocycles. The molecule has 2 N–H and O–H groups in total. The first-order valence-electron chi connectivity index (χ1n) is 7.03. The molecular weight excluding hydrogens is 258 g/mol. The Morgan fingerprint density at radius 1 is 0.810 bits per heavy atom. The van der Waals surface area contributed by atoms with Crippen LogP contribution in [0.2, 0.25) is 0 Å². The lowest BCUT2D eigenvalue weighted by molar-refractivity contribution is 0.121. The Labute approximate surface area is 123 Å². The van der Waals surface area contributed by atoms with Crippen LogP contribution >= 0.6 is 0 Å². The van der Waals surface area contributed by atoms with Crippen molar-refractivity contribution in [3.05, 3.63) is 83.9 Å². The van der Waals surface area contributed by atoms with Gasteiger partial charge in [0.25, 0.3) is 0 Å². The molecule has 3 aromatic carbocycles. The number of rotatable bonds is 1. The van der Waals surface area contributed by atoms with Crippen molar-refractivity contribution in [2.45, 2.75) is 5.72 Å². The molecule has 21 heavy (non-hydrogen) atoms. The van der Waals surface area contributed by atoms with E-state index in [2.05, 4.69) is 29.6 Å². The Kier molecular flexibility index (Phi) is 2.59. The molecule has 1 unspecified atom stereocenters. The van der Waals surface area contributed by atoms with Crippen molar-refractivity contribution in [3.8, 4) is 0 Å². The summed E-state index contributed by atoms with van der Waals surface area (Å²) in [6.07, 6.45) is 3.78. The van der Waals surface area contributed by atoms with Crippen molar-refractivity contribution in [1.29, 1.82) is 0 Å². The van der Waals surface area contributed by atoms with Crippen LogP contribution in [0, 0.1) is 0 Å². The van der Waals surface area contributed by atoms with E-state index in [4.69, 9.17) is 0 Å². The molecule has 0 spiro atoms. The Hall–Kier alpha value is -2.58. The third-order valence-electron chi connectivity index (χ3n) is 3.99. The minimum Gasteiger partial charge on any atom is -0.364 e. The molecule has 0 saturated heterocycles. The fourth-order valence-electron chi connectivity index (χ4n) is 2.87. The van der Waals surface area contributed by atoms with E-state index >= 15 is 0 Å². The maximum absolute atomic E-state index is 11.0. The summed E-state index contributed by atoms with van der Waals surface area (Å²) in [4.78, 5) is 0. The number of hydrogen-bond acceptors (Lipinski definition) is 2. The van der Waals surface area contributed by atoms with Crippen LogP contribution in [0.3, 0.4) is 0 Å². The van der Waals surface area contributed by atoms with Gasteiger partial charge in [-0.3, -0.25) is 0 Å². The first kappa shape index (κ1) is 12.2. The van der Waals surface area contributed by atoms with Gasteiger partial charge in [0, 0.05) is 10.9 Å². The third kappa shape index (κ3) is 1.92. The van der Waals surface area contributed by atoms with Crippen LogP contribution in [0.5, 0.6) is 0 Å². The predicted octanol–water partition coefficient (Wildman–Crippen LogP) is 4.12. The molecule has 1 aliphatic heterocycles. The van der Waals surface area contributed by atoms with E-state index in [9.17, 15) is 5.11 Å². The van der Waals surface area contributed by atoms with Crippen LogP contribution in [0.15, 0.2) is 72.8 Å². The zero-order valence-electron chi connectivity index (χ0n) is 11.5. The summed E-state index contributed by atoms with van der Waals surface area (Å²) in [6, 6.07) is 22.0. The van der Waals surface area contributed by atoms with Gasteiger partial charge in [-0.2, -0.15) is 0 Å². The van der Waals surface area contributed by atoms with E-state index in [0.717, 1.165) is 27.6 Å². The summed E-state index contributed by atoms with van der Waals surface area (Å²) < 4.78 is 0. The summed E-state index contributed by atoms with van der Waals surface area (Å²) in [5, 5.41) is 16.5. The van der Waals surface area contributed by atoms with E-state index < -0.39 is 5.72 Å². The highest BCUT2D eigenvalue weighted by molar-refractivity contribution is 5.99. The Morgan fingerprint density at radius 2 is 1.57 bits per heavy atom. The largest absolute Gasteiger partial charge is 0.364 e. The zero-order chi connectivity index (χ0) is 14.3. The highest BCUT2D eigenvalue weighted by Gasteiger charge is 2.29. The summed E-state index contributed by atoms with van der Waals surface area (Å²) in [7, 11) is 0. The van der Waals surface area contributed by atoms with Crippen molar-refractivity contribution in [1.82, 2.24) is 0 Å². The number of hydrogen-bond donors (Lipinski definition) is 2. The van der Waals surface area contributed by atoms with Gasteiger partial charge in [-0.1, -0.05) is 72.8 Å². The second kappa shape index (κ2) is 4.47. The van der Waals surface area contributed by atoms with Crippen molar-refractivity contribution in [2.24, 2.45) is 0 Å². The van der Waals surface area contributed by atoms with Crippen LogP contribution < -0.4 is 5.32 Å². The highest BCUT2D eigenvalue weighted by atomic mass is 16.3. The van der Waals surface area contributed by atoms with Crippen molar-refractivity contribution in [2.75, 3.05) is 5.32 Å². The lowest BCUT2D eigenvalue weighted by Gasteiger charge is -2.32. The molecule has 0 aliphatic carbocycles. The van der Waals surface area contributed by atoms with Gasteiger partial charge in [0.1, 0.15) is 0 Å². The summed E-state index contributed by atoms with van der Waals surface area (Å²) in [6.45, 7) is 0. The molecule has 102 valence electrons. The summed E-state index contributed by atoms with van der Waals surface area (Å²) in [5.41, 5.74) is 1.73. The molecule has 4 rings (SSSR count). The first-order chi connectivity index (χ1) is 10.3. The van der Waals surface area contributed by atoms with E-state index in [0.29, 0.717) is 0 Å². The number of benzene rings is 3. The monoisotopic (exact) mass is 273 g/mol. The van der Waals surface area contributed by atoms with Gasteiger partial charge in [-0.15, -0.1) is 0 Å². The molecule has 2 nitrogen and oxygen atoms in total. The van der Waals surface area contributed by atoms with Crippen molar-refractivity contribution < 1.29 is 5.11 Å². The van der Waals surface area contributed by atoms with Crippen LogP contribution in [0.1, 0.15) is 11.1 Å². The van der Waals surface area contributed by atoms with Crippen LogP contribution in [-0.4, -0.2) is 5.11 Å². The molecule has 0 fully saturated rings. The second-order valence-electron chi connectivity index (χ2n) is 5.34. The molecule has 1 heterocycles. The standard InChI is InChI=1S/C19H15NO/c21-19(16-7-2-1-3-8-16)13-12-15-11-10-14-6-4-5-9-17(14)18(15)20-19/h1-13,20-21H. The lowest BCUT2D eigenvalue weighted by Crippen LogP contribution is -2.34. The molecule has 0 aromatic heterocycles. The maximum atomic E-state index is 11.0. The quantitative estimate of drug-likeness (QED) is 0.699. The number of aliphatic hydroxyl groups is 1. The average Bonchev–Trinajstić information content (AvgIpc) is 2.55. The van der Waals surface area contributed by atoms with Gasteiger partial charge >= 0.3 is 0 Å². The molecule has 2 heteroatoms. The summed E-state index contributed by atoms with van der Waals surface area (Å²) in [5.74, 6) is 0. The van der Waals surface area contributed by atoms with Gasteiger partial charge in [0.15, 0.2) is 5.72 Å². The SMILES string of the molecule is OC1(c2ccccc2)C=Cc2ccc3ccccc3c2N1. The molecule has 1 atom stereocenters. The Bertz CT molecular complexity index is 839. The smallest absolute Gasteiger partial charge is 0.182 e. The van der Waals surface area contributed by atoms with Gasteiger partial charge in [-0.25, -0.2) is 0 Å². The molecular formula is C19H15NO. The lowest BCUT2D eigenvalue weighted by atomic mass is 9.94. The summed E-state index contributed by atoms with van der Waals surface area (Å²) >= 11 is 0. The predicted molar refractivity (Wildman–Crippen MR) is 86.9 cm³/mol. The minimum absolute atomic E-state index is 0.833. The second-order valence-corrected chi connectivity index (χ2v) is 5.34. The molecule has 3 aromatic rings. The molecule has 0 radical (unpaired) electrons. The fraction of sp³-hybridized carbons (Fsp3) is 0.0526. The van der Waals surface area contributed by atoms with E-state index in [1.54, 1.807) is 6.08 Å². The number of fused-ring (bicyclic) bond motifs is 3. The topological polar surface area (TPSA) is 32.3 Å². The maximum Gasteiger partial charge on any atom is 0.182 e. The van der Waals surface area contributed by atoms with E-state index in [1.165, 1.54) is 0 Å². The number of nitrogens with one attached hydrogen (secondary N) is 1. The Balaban J connectivity index is 1.90. The van der Waals surface area contributed by atoms with Crippen LogP contribution in [-0.2, 0) is 5.72 Å². The normalized spacial score (nSPS) is 20.0. The van der Waals surface area contributed by atoms with E-state index in [-0.39, 0.29) is 0 Å². The van der Waals surface area contributed by atoms with Crippen molar-refractivity contribution >= 4 is 22.5 Å². The van der Waals surface area contributed by atoms with Crippen LogP contribution in [0.25, 0.3) is 16.8 Å². The molecule has 0 amide bonds. The fourth-order valence-corrected chi connectivity index (χ4v) is 2.87. The molecule has 1 aliphatic rings. The van der Waals surface area contributed by atoms with E-state index in [1.807, 2.05) is 48.5 Å². The zero-order valence-corrected chi connectivity index (χ0v) is 11.5. The molecule has 0 bridgehead atoms. The Morgan fingerprint density at radius 3 is 2.43 bits per heavy atom. The highest BCUT2D eigenvalue weighted by Crippen LogP contribution is 2.37. The van der Waals surface area contributed by atoms with Crippen LogP contribution in [0.4, 0.5) is 5.69 Å². The third-order valence-corrected chi connectivity index (χ3v) is 3.99. The number of anilines is 1.